The van der Waals surface area contributed by atoms with E-state index in [9.17, 15) is 4.39 Å². The molecule has 114 valence electrons. The van der Waals surface area contributed by atoms with Crippen LogP contribution in [0, 0.1) is 5.95 Å². The molecule has 0 unspecified atom stereocenters. The van der Waals surface area contributed by atoms with Gasteiger partial charge in [-0.3, -0.25) is 4.90 Å². The molecular formula is C18H20FN3. The van der Waals surface area contributed by atoms with E-state index in [2.05, 4.69) is 39.1 Å². The second-order valence-corrected chi connectivity index (χ2v) is 5.44. The van der Waals surface area contributed by atoms with Crippen molar-refractivity contribution in [1.82, 2.24) is 9.88 Å². The number of halogens is 1. The number of hydrogen-bond acceptors (Lipinski definition) is 3. The van der Waals surface area contributed by atoms with Gasteiger partial charge in [0.05, 0.1) is 0 Å². The second kappa shape index (κ2) is 7.18. The van der Waals surface area contributed by atoms with Gasteiger partial charge in [-0.05, 0) is 11.6 Å². The molecule has 1 fully saturated rings. The lowest BCUT2D eigenvalue weighted by Crippen LogP contribution is -2.46. The molecule has 3 rings (SSSR count). The monoisotopic (exact) mass is 297 g/mol. The summed E-state index contributed by atoms with van der Waals surface area (Å²) >= 11 is 0. The van der Waals surface area contributed by atoms with E-state index in [0.29, 0.717) is 0 Å². The van der Waals surface area contributed by atoms with Crippen molar-refractivity contribution in [3.8, 4) is 0 Å². The number of aromatic nitrogens is 1. The molecule has 1 saturated heterocycles. The van der Waals surface area contributed by atoms with Crippen LogP contribution in [0.4, 0.5) is 10.1 Å². The maximum atomic E-state index is 13.2. The molecule has 1 aliphatic heterocycles. The quantitative estimate of drug-likeness (QED) is 0.809. The summed E-state index contributed by atoms with van der Waals surface area (Å²) in [4.78, 5) is 8.23. The average Bonchev–Trinajstić information content (AvgIpc) is 2.56. The lowest BCUT2D eigenvalue weighted by molar-refractivity contribution is 0.284. The van der Waals surface area contributed by atoms with Crippen LogP contribution in [0.25, 0.3) is 6.08 Å². The first kappa shape index (κ1) is 14.7. The molecule has 0 radical (unpaired) electrons. The first-order chi connectivity index (χ1) is 10.8. The molecule has 2 aromatic rings. The zero-order valence-corrected chi connectivity index (χ0v) is 12.5. The summed E-state index contributed by atoms with van der Waals surface area (Å²) in [5.74, 6) is -0.411. The molecular weight excluding hydrogens is 277 g/mol. The summed E-state index contributed by atoms with van der Waals surface area (Å²) in [6.45, 7) is 4.77. The minimum absolute atomic E-state index is 0.411. The van der Waals surface area contributed by atoms with Crippen molar-refractivity contribution in [1.29, 1.82) is 0 Å². The fourth-order valence-electron chi connectivity index (χ4n) is 2.68. The molecule has 0 atom stereocenters. The lowest BCUT2D eigenvalue weighted by atomic mass is 10.2. The predicted molar refractivity (Wildman–Crippen MR) is 88.3 cm³/mol. The SMILES string of the molecule is Fc1cc(N2CCN(C/C=C/c3ccccc3)CC2)ccn1. The highest BCUT2D eigenvalue weighted by molar-refractivity contribution is 5.49. The van der Waals surface area contributed by atoms with E-state index in [1.807, 2.05) is 24.3 Å². The Morgan fingerprint density at radius 1 is 1.05 bits per heavy atom. The fourth-order valence-corrected chi connectivity index (χ4v) is 2.68. The molecule has 3 nitrogen and oxygen atoms in total. The molecule has 0 saturated carbocycles. The van der Waals surface area contributed by atoms with Gasteiger partial charge in [-0.25, -0.2) is 4.98 Å². The van der Waals surface area contributed by atoms with E-state index in [-0.39, 0.29) is 0 Å². The largest absolute Gasteiger partial charge is 0.369 e. The number of benzene rings is 1. The van der Waals surface area contributed by atoms with Crippen LogP contribution in [-0.2, 0) is 0 Å². The minimum Gasteiger partial charge on any atom is -0.369 e. The zero-order chi connectivity index (χ0) is 15.2. The van der Waals surface area contributed by atoms with Crippen molar-refractivity contribution in [2.45, 2.75) is 0 Å². The highest BCUT2D eigenvalue weighted by atomic mass is 19.1. The van der Waals surface area contributed by atoms with E-state index in [4.69, 9.17) is 0 Å². The van der Waals surface area contributed by atoms with Crippen molar-refractivity contribution in [2.24, 2.45) is 0 Å². The highest BCUT2D eigenvalue weighted by Gasteiger charge is 2.16. The van der Waals surface area contributed by atoms with Gasteiger partial charge in [0.1, 0.15) is 0 Å². The third-order valence-electron chi connectivity index (χ3n) is 3.92. The second-order valence-electron chi connectivity index (χ2n) is 5.44. The first-order valence-corrected chi connectivity index (χ1v) is 7.62. The molecule has 0 amide bonds. The van der Waals surface area contributed by atoms with Gasteiger partial charge < -0.3 is 4.90 Å². The molecule has 0 bridgehead atoms. The molecule has 1 aliphatic rings. The van der Waals surface area contributed by atoms with Gasteiger partial charge in [0.2, 0.25) is 5.95 Å². The fraction of sp³-hybridized carbons (Fsp3) is 0.278. The molecule has 1 aromatic carbocycles. The third kappa shape index (κ3) is 3.92. The van der Waals surface area contributed by atoms with Crippen LogP contribution in [0.15, 0.2) is 54.7 Å². The van der Waals surface area contributed by atoms with Gasteiger partial charge in [-0.1, -0.05) is 42.5 Å². The van der Waals surface area contributed by atoms with Gasteiger partial charge in [-0.15, -0.1) is 0 Å². The van der Waals surface area contributed by atoms with Gasteiger partial charge in [0.15, 0.2) is 0 Å². The number of pyridine rings is 1. The summed E-state index contributed by atoms with van der Waals surface area (Å²) in [5, 5.41) is 0. The Kier molecular flexibility index (Phi) is 4.81. The van der Waals surface area contributed by atoms with Gasteiger partial charge in [0.25, 0.3) is 0 Å². The average molecular weight is 297 g/mol. The van der Waals surface area contributed by atoms with Crippen LogP contribution < -0.4 is 4.90 Å². The maximum Gasteiger partial charge on any atom is 0.214 e. The number of anilines is 1. The lowest BCUT2D eigenvalue weighted by Gasteiger charge is -2.35. The Hall–Kier alpha value is -2.20. The predicted octanol–water partition coefficient (Wildman–Crippen LogP) is 3.06. The molecule has 0 aliphatic carbocycles. The number of nitrogens with zero attached hydrogens (tertiary/aromatic N) is 3. The van der Waals surface area contributed by atoms with E-state index >= 15 is 0 Å². The number of rotatable bonds is 4. The van der Waals surface area contributed by atoms with Crippen LogP contribution in [0.5, 0.6) is 0 Å². The smallest absolute Gasteiger partial charge is 0.214 e. The summed E-state index contributed by atoms with van der Waals surface area (Å²) in [6, 6.07) is 13.7. The topological polar surface area (TPSA) is 19.4 Å². The third-order valence-corrected chi connectivity index (χ3v) is 3.92. The summed E-state index contributed by atoms with van der Waals surface area (Å²) in [6.07, 6.45) is 5.89. The molecule has 2 heterocycles. The van der Waals surface area contributed by atoms with Crippen LogP contribution in [-0.4, -0.2) is 42.6 Å². The van der Waals surface area contributed by atoms with Crippen molar-refractivity contribution >= 4 is 11.8 Å². The minimum atomic E-state index is -0.411. The normalized spacial score (nSPS) is 16.3. The highest BCUT2D eigenvalue weighted by Crippen LogP contribution is 2.16. The van der Waals surface area contributed by atoms with Crippen molar-refractivity contribution in [3.05, 3.63) is 66.2 Å². The standard InChI is InChI=1S/C18H20FN3/c19-18-15-17(8-9-20-18)22-13-11-21(12-14-22)10-4-7-16-5-2-1-3-6-16/h1-9,15H,10-14H2/b7-4+. The van der Waals surface area contributed by atoms with Crippen LogP contribution >= 0.6 is 0 Å². The Bertz CT molecular complexity index is 619. The number of hydrogen-bond donors (Lipinski definition) is 0. The van der Waals surface area contributed by atoms with Crippen molar-refractivity contribution in [2.75, 3.05) is 37.6 Å². The summed E-state index contributed by atoms with van der Waals surface area (Å²) in [5.41, 5.74) is 2.15. The Labute approximate surface area is 130 Å². The Balaban J connectivity index is 1.49. The van der Waals surface area contributed by atoms with Crippen LogP contribution in [0.2, 0.25) is 0 Å². The molecule has 0 spiro atoms. The first-order valence-electron chi connectivity index (χ1n) is 7.62. The maximum absolute atomic E-state index is 13.2. The molecule has 22 heavy (non-hydrogen) atoms. The van der Waals surface area contributed by atoms with Gasteiger partial charge >= 0.3 is 0 Å². The number of piperazine rings is 1. The van der Waals surface area contributed by atoms with E-state index in [1.54, 1.807) is 0 Å². The van der Waals surface area contributed by atoms with Crippen molar-refractivity contribution < 1.29 is 4.39 Å². The summed E-state index contributed by atoms with van der Waals surface area (Å²) in [7, 11) is 0. The Morgan fingerprint density at radius 3 is 2.55 bits per heavy atom. The van der Waals surface area contributed by atoms with Crippen molar-refractivity contribution in [3.63, 3.8) is 0 Å². The van der Waals surface area contributed by atoms with E-state index in [1.165, 1.54) is 17.8 Å². The van der Waals surface area contributed by atoms with Gasteiger partial charge in [-0.2, -0.15) is 4.39 Å². The van der Waals surface area contributed by atoms with Gasteiger partial charge in [0, 0.05) is 50.7 Å². The van der Waals surface area contributed by atoms with E-state index < -0.39 is 5.95 Å². The molecule has 0 N–H and O–H groups in total. The molecule has 4 heteroatoms. The van der Waals surface area contributed by atoms with Crippen LogP contribution in [0.3, 0.4) is 0 Å². The molecule has 1 aromatic heterocycles. The van der Waals surface area contributed by atoms with E-state index in [0.717, 1.165) is 38.4 Å². The Morgan fingerprint density at radius 2 is 1.82 bits per heavy atom. The summed E-state index contributed by atoms with van der Waals surface area (Å²) < 4.78 is 13.2. The van der Waals surface area contributed by atoms with Crippen LogP contribution in [0.1, 0.15) is 5.56 Å². The zero-order valence-electron chi connectivity index (χ0n) is 12.5.